The molecule has 0 atom stereocenters. The van der Waals surface area contributed by atoms with Crippen molar-refractivity contribution in [3.05, 3.63) is 34.2 Å². The van der Waals surface area contributed by atoms with Crippen molar-refractivity contribution in [1.82, 2.24) is 10.3 Å². The van der Waals surface area contributed by atoms with Gasteiger partial charge >= 0.3 is 5.97 Å². The highest BCUT2D eigenvalue weighted by Crippen LogP contribution is 2.35. The van der Waals surface area contributed by atoms with Crippen molar-refractivity contribution in [1.29, 1.82) is 0 Å². The minimum absolute atomic E-state index is 0.0209. The lowest BCUT2D eigenvalue weighted by Crippen LogP contribution is -2.26. The van der Waals surface area contributed by atoms with Crippen molar-refractivity contribution < 1.29 is 32.9 Å². The molecule has 2 N–H and O–H groups in total. The van der Waals surface area contributed by atoms with E-state index in [2.05, 4.69) is 10.3 Å². The summed E-state index contributed by atoms with van der Waals surface area (Å²) in [5.74, 6) is -2.53. The Morgan fingerprint density at radius 2 is 2.06 bits per heavy atom. The number of aryl methyl sites for hydroxylation is 1. The normalized spacial score (nSPS) is 14.6. The number of rotatable bonds is 13. The predicted molar refractivity (Wildman–Crippen MR) is 116 cm³/mol. The number of thiazole rings is 1. The van der Waals surface area contributed by atoms with E-state index in [1.54, 1.807) is 0 Å². The Morgan fingerprint density at radius 3 is 2.84 bits per heavy atom. The highest BCUT2D eigenvalue weighted by atomic mass is 32.1. The summed E-state index contributed by atoms with van der Waals surface area (Å²) in [6.45, 7) is 2.28. The molecule has 0 bridgehead atoms. The molecule has 1 aliphatic heterocycles. The number of carboxylic acid groups (broad SMARTS) is 1. The van der Waals surface area contributed by atoms with Gasteiger partial charge in [-0.25, -0.2) is 9.37 Å². The van der Waals surface area contributed by atoms with Gasteiger partial charge in [-0.1, -0.05) is 0 Å². The summed E-state index contributed by atoms with van der Waals surface area (Å²) in [6, 6.07) is 2.55. The van der Waals surface area contributed by atoms with Gasteiger partial charge in [-0.15, -0.1) is 11.3 Å². The van der Waals surface area contributed by atoms with E-state index in [0.717, 1.165) is 50.0 Å². The van der Waals surface area contributed by atoms with Crippen molar-refractivity contribution in [3.63, 3.8) is 0 Å². The SMILES string of the molecule is O=C(O)CNCCOCCOc1c(-c2csc(CCC3CCOCC3)n2)ccc(F)c1F. The van der Waals surface area contributed by atoms with Gasteiger partial charge in [-0.2, -0.15) is 4.39 Å². The first kappa shape index (κ1) is 24.5. The first-order chi connectivity index (χ1) is 15.5. The molecule has 0 saturated carbocycles. The number of hydrogen-bond donors (Lipinski definition) is 2. The molecule has 0 unspecified atom stereocenters. The summed E-state index contributed by atoms with van der Waals surface area (Å²) in [6.07, 6.45) is 4.02. The zero-order chi connectivity index (χ0) is 22.8. The Labute approximate surface area is 189 Å². The Kier molecular flexibility index (Phi) is 9.79. The van der Waals surface area contributed by atoms with Gasteiger partial charge in [0.05, 0.1) is 30.5 Å². The smallest absolute Gasteiger partial charge is 0.317 e. The van der Waals surface area contributed by atoms with E-state index in [1.165, 1.54) is 17.4 Å². The number of hydrogen-bond acceptors (Lipinski definition) is 7. The molecule has 10 heteroatoms. The van der Waals surface area contributed by atoms with E-state index in [0.29, 0.717) is 23.7 Å². The van der Waals surface area contributed by atoms with E-state index in [9.17, 15) is 13.6 Å². The van der Waals surface area contributed by atoms with Crippen LogP contribution in [0, 0.1) is 17.6 Å². The molecule has 7 nitrogen and oxygen atoms in total. The van der Waals surface area contributed by atoms with Gasteiger partial charge < -0.3 is 24.6 Å². The van der Waals surface area contributed by atoms with Gasteiger partial charge in [0.25, 0.3) is 0 Å². The van der Waals surface area contributed by atoms with E-state index >= 15 is 0 Å². The van der Waals surface area contributed by atoms with Gasteiger partial charge in [0, 0.05) is 30.7 Å². The molecule has 1 saturated heterocycles. The Balaban J connectivity index is 1.53. The molecule has 2 aromatic rings. The van der Waals surface area contributed by atoms with Gasteiger partial charge in [0.15, 0.2) is 11.6 Å². The number of ether oxygens (including phenoxy) is 3. The number of halogens is 2. The lowest BCUT2D eigenvalue weighted by Gasteiger charge is -2.21. The Bertz CT molecular complexity index is 874. The number of carbonyl (C=O) groups is 1. The summed E-state index contributed by atoms with van der Waals surface area (Å²) in [7, 11) is 0. The average molecular weight is 471 g/mol. The maximum Gasteiger partial charge on any atom is 0.317 e. The number of aromatic nitrogens is 1. The summed E-state index contributed by atoms with van der Waals surface area (Å²) >= 11 is 1.51. The maximum atomic E-state index is 14.5. The molecule has 2 heterocycles. The highest BCUT2D eigenvalue weighted by Gasteiger charge is 2.19. The molecular formula is C22H28F2N2O5S. The quantitative estimate of drug-likeness (QED) is 0.433. The van der Waals surface area contributed by atoms with Crippen LogP contribution in [0.2, 0.25) is 0 Å². The minimum atomic E-state index is -1.05. The van der Waals surface area contributed by atoms with E-state index < -0.39 is 17.6 Å². The van der Waals surface area contributed by atoms with Crippen LogP contribution in [0.4, 0.5) is 8.78 Å². The third kappa shape index (κ3) is 7.47. The second-order valence-corrected chi connectivity index (χ2v) is 8.43. The number of nitrogens with zero attached hydrogens (tertiary/aromatic N) is 1. The van der Waals surface area contributed by atoms with Crippen LogP contribution in [0.15, 0.2) is 17.5 Å². The molecule has 0 aliphatic carbocycles. The van der Waals surface area contributed by atoms with Gasteiger partial charge in [0.1, 0.15) is 6.61 Å². The van der Waals surface area contributed by atoms with Crippen LogP contribution in [-0.4, -0.2) is 62.2 Å². The van der Waals surface area contributed by atoms with Gasteiger partial charge in [0.2, 0.25) is 5.82 Å². The van der Waals surface area contributed by atoms with Crippen molar-refractivity contribution in [2.24, 2.45) is 5.92 Å². The fourth-order valence-electron chi connectivity index (χ4n) is 3.43. The molecule has 1 aromatic carbocycles. The van der Waals surface area contributed by atoms with Crippen molar-refractivity contribution in [2.45, 2.75) is 25.7 Å². The van der Waals surface area contributed by atoms with E-state index in [1.807, 2.05) is 5.38 Å². The molecule has 0 spiro atoms. The first-order valence-corrected chi connectivity index (χ1v) is 11.6. The van der Waals surface area contributed by atoms with Crippen LogP contribution < -0.4 is 10.1 Å². The fraction of sp³-hybridized carbons (Fsp3) is 0.545. The number of benzene rings is 1. The zero-order valence-electron chi connectivity index (χ0n) is 17.8. The van der Waals surface area contributed by atoms with Crippen LogP contribution in [0.3, 0.4) is 0 Å². The van der Waals surface area contributed by atoms with Crippen LogP contribution in [0.25, 0.3) is 11.3 Å². The Hall–Kier alpha value is -2.14. The molecule has 3 rings (SSSR count). The molecule has 1 aliphatic rings. The fourth-order valence-corrected chi connectivity index (χ4v) is 4.25. The minimum Gasteiger partial charge on any atom is -0.487 e. The summed E-state index contributed by atoms with van der Waals surface area (Å²) < 4.78 is 44.5. The maximum absolute atomic E-state index is 14.5. The number of nitrogens with one attached hydrogen (secondary N) is 1. The average Bonchev–Trinajstić information content (AvgIpc) is 3.26. The molecule has 176 valence electrons. The van der Waals surface area contributed by atoms with Crippen LogP contribution in [0.5, 0.6) is 5.75 Å². The Morgan fingerprint density at radius 1 is 1.25 bits per heavy atom. The standard InChI is InChI=1S/C22H28F2N2O5S/c23-17-3-2-16(18-14-32-19(26-18)4-1-15-5-8-29-9-6-15)22(21(17)24)31-12-11-30-10-7-25-13-20(27)28/h2-3,14-15,25H,1,4-13H2,(H,27,28). The van der Waals surface area contributed by atoms with Crippen molar-refractivity contribution in [2.75, 3.05) is 46.1 Å². The van der Waals surface area contributed by atoms with Crippen LogP contribution in [0.1, 0.15) is 24.3 Å². The highest BCUT2D eigenvalue weighted by molar-refractivity contribution is 7.09. The second kappa shape index (κ2) is 12.8. The first-order valence-electron chi connectivity index (χ1n) is 10.7. The van der Waals surface area contributed by atoms with Gasteiger partial charge in [-0.3, -0.25) is 4.79 Å². The van der Waals surface area contributed by atoms with E-state index in [4.69, 9.17) is 19.3 Å². The van der Waals surface area contributed by atoms with Crippen molar-refractivity contribution >= 4 is 17.3 Å². The summed E-state index contributed by atoms with van der Waals surface area (Å²) in [5.41, 5.74) is 0.963. The topological polar surface area (TPSA) is 89.9 Å². The lowest BCUT2D eigenvalue weighted by atomic mass is 9.95. The molecule has 1 fully saturated rings. The molecular weight excluding hydrogens is 442 g/mol. The second-order valence-electron chi connectivity index (χ2n) is 7.49. The van der Waals surface area contributed by atoms with Crippen LogP contribution >= 0.6 is 11.3 Å². The lowest BCUT2D eigenvalue weighted by molar-refractivity contribution is -0.136. The van der Waals surface area contributed by atoms with E-state index in [-0.39, 0.29) is 32.1 Å². The number of aliphatic carboxylic acids is 1. The number of carboxylic acids is 1. The summed E-state index contributed by atoms with van der Waals surface area (Å²) in [5, 5.41) is 14.0. The van der Waals surface area contributed by atoms with Crippen LogP contribution in [-0.2, 0) is 20.7 Å². The summed E-state index contributed by atoms with van der Waals surface area (Å²) in [4.78, 5) is 15.0. The molecule has 0 amide bonds. The third-order valence-corrected chi connectivity index (χ3v) is 6.07. The zero-order valence-corrected chi connectivity index (χ0v) is 18.6. The molecule has 0 radical (unpaired) electrons. The monoisotopic (exact) mass is 470 g/mol. The molecule has 1 aromatic heterocycles. The van der Waals surface area contributed by atoms with Crippen molar-refractivity contribution in [3.8, 4) is 17.0 Å². The predicted octanol–water partition coefficient (Wildman–Crippen LogP) is 3.52. The molecule has 32 heavy (non-hydrogen) atoms. The third-order valence-electron chi connectivity index (χ3n) is 5.16. The largest absolute Gasteiger partial charge is 0.487 e. The van der Waals surface area contributed by atoms with Gasteiger partial charge in [-0.05, 0) is 43.7 Å².